The Morgan fingerprint density at radius 3 is 2.17 bits per heavy atom. The Hall–Kier alpha value is -1.14. The van der Waals surface area contributed by atoms with Crippen LogP contribution >= 0.6 is 12.4 Å². The number of hydrogen-bond donors (Lipinski definition) is 3. The molecule has 1 saturated heterocycles. The molecule has 18 heavy (non-hydrogen) atoms. The Morgan fingerprint density at radius 2 is 1.83 bits per heavy atom. The molecule has 0 aromatic rings. The van der Waals surface area contributed by atoms with E-state index >= 15 is 0 Å². The van der Waals surface area contributed by atoms with Crippen molar-refractivity contribution in [3.05, 3.63) is 0 Å². The van der Waals surface area contributed by atoms with E-state index in [9.17, 15) is 18.6 Å². The Bertz CT molecular complexity index is 343. The number of hydrogen-bond acceptors (Lipinski definition) is 6. The van der Waals surface area contributed by atoms with Gasteiger partial charge >= 0.3 is 0 Å². The second-order valence-corrected chi connectivity index (χ2v) is 3.82. The number of nitriles is 1. The van der Waals surface area contributed by atoms with Gasteiger partial charge in [-0.25, -0.2) is 0 Å². The van der Waals surface area contributed by atoms with E-state index in [1.54, 1.807) is 0 Å². The van der Waals surface area contributed by atoms with Gasteiger partial charge in [-0.15, -0.1) is 21.4 Å². The smallest absolute Gasteiger partial charge is 0.164 e. The van der Waals surface area contributed by atoms with Crippen molar-refractivity contribution in [2.75, 3.05) is 19.6 Å². The van der Waals surface area contributed by atoms with Crippen LogP contribution in [0.25, 0.3) is 0 Å². The van der Waals surface area contributed by atoms with Gasteiger partial charge in [-0.05, 0) is 6.42 Å². The Labute approximate surface area is 108 Å². The minimum atomic E-state index is -1.53. The summed E-state index contributed by atoms with van der Waals surface area (Å²) < 4.78 is 23.9. The summed E-state index contributed by atoms with van der Waals surface area (Å²) in [6, 6.07) is 1.20. The summed E-state index contributed by atoms with van der Waals surface area (Å²) in [6.45, 7) is -1.36. The highest BCUT2D eigenvalue weighted by Crippen LogP contribution is 2.31. The molecule has 1 aliphatic heterocycles. The zero-order valence-corrected chi connectivity index (χ0v) is 10.2. The molecule has 0 aliphatic carbocycles. The molecule has 1 unspecified atom stereocenters. The molecule has 1 rings (SSSR count). The van der Waals surface area contributed by atoms with Crippen molar-refractivity contribution in [2.24, 2.45) is 5.41 Å². The number of nitrogens with one attached hydrogen (secondary N) is 3. The van der Waals surface area contributed by atoms with Crippen LogP contribution in [0, 0.1) is 16.7 Å². The second-order valence-electron chi connectivity index (χ2n) is 3.82. The van der Waals surface area contributed by atoms with E-state index in [0.29, 0.717) is 0 Å². The number of carbonyl (C=O) groups excluding carboxylic acids is 2. The molecular formula is C9H13ClF2N4O2. The average molecular weight is 283 g/mol. The van der Waals surface area contributed by atoms with Crippen LogP contribution < -0.4 is 16.4 Å². The fourth-order valence-corrected chi connectivity index (χ4v) is 1.92. The molecule has 0 spiro atoms. The van der Waals surface area contributed by atoms with Crippen LogP contribution in [0.5, 0.6) is 0 Å². The first kappa shape index (κ1) is 16.9. The summed E-state index contributed by atoms with van der Waals surface area (Å²) in [7, 11) is 0. The largest absolute Gasteiger partial charge is 0.300 e. The van der Waals surface area contributed by atoms with Crippen LogP contribution in [0.15, 0.2) is 0 Å². The molecule has 0 bridgehead atoms. The molecule has 0 amide bonds. The van der Waals surface area contributed by atoms with Gasteiger partial charge in [0.1, 0.15) is 5.41 Å². The second kappa shape index (κ2) is 7.33. The monoisotopic (exact) mass is 282 g/mol. The third-order valence-corrected chi connectivity index (χ3v) is 2.88. The Morgan fingerprint density at radius 1 is 1.33 bits per heavy atom. The predicted molar refractivity (Wildman–Crippen MR) is 59.9 cm³/mol. The number of Topliss-reactive ketones (excluding diaryl/α,β-unsaturated/α-hetero) is 2. The van der Waals surface area contributed by atoms with Crippen molar-refractivity contribution in [3.8, 4) is 6.07 Å². The third kappa shape index (κ3) is 3.20. The van der Waals surface area contributed by atoms with Crippen molar-refractivity contribution in [1.29, 1.82) is 5.26 Å². The maximum atomic E-state index is 11.9. The van der Waals surface area contributed by atoms with Gasteiger partial charge in [0.25, 0.3) is 0 Å². The molecule has 1 fully saturated rings. The van der Waals surface area contributed by atoms with Crippen molar-refractivity contribution in [3.63, 3.8) is 0 Å². The van der Waals surface area contributed by atoms with Gasteiger partial charge in [-0.3, -0.25) is 9.59 Å². The van der Waals surface area contributed by atoms with Crippen LogP contribution in [-0.4, -0.2) is 37.2 Å². The fraction of sp³-hybridized carbons (Fsp3) is 0.667. The fourth-order valence-electron chi connectivity index (χ4n) is 1.92. The van der Waals surface area contributed by atoms with Gasteiger partial charge in [-0.1, -0.05) is 0 Å². The topological polar surface area (TPSA) is 94.0 Å². The highest BCUT2D eigenvalue weighted by molar-refractivity contribution is 6.09. The minimum Gasteiger partial charge on any atom is -0.300 e. The lowest BCUT2D eigenvalue weighted by molar-refractivity contribution is -0.139. The molecule has 1 atom stereocenters. The molecule has 1 aliphatic rings. The molecule has 102 valence electrons. The van der Waals surface area contributed by atoms with Gasteiger partial charge in [0, 0.05) is 6.54 Å². The van der Waals surface area contributed by atoms with E-state index in [4.69, 9.17) is 5.26 Å². The van der Waals surface area contributed by atoms with E-state index < -0.39 is 36.1 Å². The SMILES string of the molecule is Cl.N#CC1CC(C(=O)CNF)(C(=O)CNF)CN1. The van der Waals surface area contributed by atoms with Gasteiger partial charge in [-0.2, -0.15) is 16.3 Å². The molecule has 1 heterocycles. The van der Waals surface area contributed by atoms with Gasteiger partial charge in [0.2, 0.25) is 0 Å². The summed E-state index contributed by atoms with van der Waals surface area (Å²) in [6.07, 6.45) is -0.0650. The van der Waals surface area contributed by atoms with E-state index in [1.165, 1.54) is 11.1 Å². The van der Waals surface area contributed by atoms with Crippen LogP contribution in [0.3, 0.4) is 0 Å². The molecular weight excluding hydrogens is 270 g/mol. The summed E-state index contributed by atoms with van der Waals surface area (Å²) in [4.78, 5) is 23.4. The van der Waals surface area contributed by atoms with Crippen LogP contribution in [0.4, 0.5) is 8.96 Å². The summed E-state index contributed by atoms with van der Waals surface area (Å²) in [5, 5.41) is 11.4. The molecule has 0 saturated carbocycles. The zero-order valence-electron chi connectivity index (χ0n) is 9.33. The number of ketones is 2. The Kier molecular flexibility index (Phi) is 6.86. The van der Waals surface area contributed by atoms with Crippen LogP contribution in [0.1, 0.15) is 6.42 Å². The number of nitrogens with zero attached hydrogens (tertiary/aromatic N) is 1. The first-order valence-electron chi connectivity index (χ1n) is 4.97. The normalized spacial score (nSPS) is 20.8. The van der Waals surface area contributed by atoms with Crippen molar-refractivity contribution in [2.45, 2.75) is 12.5 Å². The lowest BCUT2D eigenvalue weighted by atomic mass is 9.77. The summed E-state index contributed by atoms with van der Waals surface area (Å²) >= 11 is 0. The average Bonchev–Trinajstić information content (AvgIpc) is 2.75. The van der Waals surface area contributed by atoms with E-state index in [2.05, 4.69) is 5.32 Å². The summed E-state index contributed by atoms with van der Waals surface area (Å²) in [5.74, 6) is -1.38. The van der Waals surface area contributed by atoms with Gasteiger partial charge in [0.05, 0.1) is 25.2 Å². The quantitative estimate of drug-likeness (QED) is 0.443. The highest BCUT2D eigenvalue weighted by atomic mass is 35.5. The molecule has 9 heteroatoms. The van der Waals surface area contributed by atoms with Crippen molar-refractivity contribution < 1.29 is 18.6 Å². The standard InChI is InChI=1S/C9H12F2N4O2.ClH/c10-14-3-7(16)9(8(17)4-15-11)1-6(2-12)13-5-9;/h6,13-15H,1,3-5H2;1H. The van der Waals surface area contributed by atoms with E-state index in [-0.39, 0.29) is 25.4 Å². The van der Waals surface area contributed by atoms with Crippen molar-refractivity contribution in [1.82, 2.24) is 16.4 Å². The van der Waals surface area contributed by atoms with Crippen molar-refractivity contribution >= 4 is 24.0 Å². The highest BCUT2D eigenvalue weighted by Gasteiger charge is 2.50. The van der Waals surface area contributed by atoms with Gasteiger partial charge < -0.3 is 5.32 Å². The molecule has 0 aromatic heterocycles. The lowest BCUT2D eigenvalue weighted by Gasteiger charge is -2.23. The molecule has 3 N–H and O–H groups in total. The number of rotatable bonds is 6. The molecule has 6 nitrogen and oxygen atoms in total. The van der Waals surface area contributed by atoms with Gasteiger partial charge in [0.15, 0.2) is 11.6 Å². The number of carbonyl (C=O) groups is 2. The lowest BCUT2D eigenvalue weighted by Crippen LogP contribution is -2.47. The molecule has 0 aromatic carbocycles. The molecule has 0 radical (unpaired) electrons. The predicted octanol–water partition coefficient (Wildman–Crippen LogP) is -0.634. The maximum Gasteiger partial charge on any atom is 0.164 e. The van der Waals surface area contributed by atoms with E-state index in [0.717, 1.165) is 0 Å². The maximum absolute atomic E-state index is 11.9. The first-order chi connectivity index (χ1) is 8.10. The summed E-state index contributed by atoms with van der Waals surface area (Å²) in [5.41, 5.74) is 0.816. The first-order valence-corrected chi connectivity index (χ1v) is 4.97. The number of halogens is 3. The van der Waals surface area contributed by atoms with Crippen LogP contribution in [-0.2, 0) is 9.59 Å². The zero-order chi connectivity index (χ0) is 12.9. The minimum absolute atomic E-state index is 0. The Balaban J connectivity index is 0.00000289. The van der Waals surface area contributed by atoms with Crippen LogP contribution in [0.2, 0.25) is 0 Å². The van der Waals surface area contributed by atoms with E-state index in [1.807, 2.05) is 6.07 Å². The third-order valence-electron chi connectivity index (χ3n) is 2.88.